The van der Waals surface area contributed by atoms with Crippen LogP contribution < -0.4 is 11.3 Å². The van der Waals surface area contributed by atoms with Gasteiger partial charge in [-0.2, -0.15) is 0 Å². The first-order valence-corrected chi connectivity index (χ1v) is 12.5. The van der Waals surface area contributed by atoms with Gasteiger partial charge >= 0.3 is 0 Å². The van der Waals surface area contributed by atoms with Crippen molar-refractivity contribution in [2.45, 2.75) is 77.4 Å². The number of nitrogens with zero attached hydrogens (tertiary/aromatic N) is 4. The third-order valence-corrected chi connectivity index (χ3v) is 7.08. The SMILES string of the molecule is C[C@@H]1CCC[C@H](C)N1CCCCCn1c(=O)c(Cc2nccc(C(=N)N)n2)cc2ccccc21. The van der Waals surface area contributed by atoms with Crippen molar-refractivity contribution in [1.29, 1.82) is 5.41 Å². The molecule has 0 saturated carbocycles. The van der Waals surface area contributed by atoms with E-state index in [0.717, 1.165) is 36.7 Å². The lowest BCUT2D eigenvalue weighted by molar-refractivity contribution is 0.101. The van der Waals surface area contributed by atoms with Gasteiger partial charge in [0, 0.05) is 36.8 Å². The number of likely N-dealkylation sites (tertiary alicyclic amines) is 1. The van der Waals surface area contributed by atoms with Gasteiger partial charge in [0.05, 0.1) is 5.52 Å². The van der Waals surface area contributed by atoms with E-state index < -0.39 is 0 Å². The third kappa shape index (κ3) is 5.53. The number of fused-ring (bicyclic) bond motifs is 1. The van der Waals surface area contributed by atoms with Crippen molar-refractivity contribution < 1.29 is 0 Å². The lowest BCUT2D eigenvalue weighted by Gasteiger charge is -2.39. The second-order valence-electron chi connectivity index (χ2n) is 9.56. The van der Waals surface area contributed by atoms with Gasteiger partial charge in [0.15, 0.2) is 0 Å². The van der Waals surface area contributed by atoms with Crippen molar-refractivity contribution >= 4 is 16.7 Å². The minimum absolute atomic E-state index is 0.00815. The maximum Gasteiger partial charge on any atom is 0.254 e. The zero-order valence-electron chi connectivity index (χ0n) is 20.3. The van der Waals surface area contributed by atoms with Crippen LogP contribution in [0.1, 0.15) is 69.5 Å². The van der Waals surface area contributed by atoms with Crippen LogP contribution in [0.2, 0.25) is 0 Å². The van der Waals surface area contributed by atoms with Crippen molar-refractivity contribution in [3.05, 3.63) is 70.0 Å². The molecule has 1 aromatic carbocycles. The Labute approximate surface area is 201 Å². The number of benzene rings is 1. The monoisotopic (exact) mass is 460 g/mol. The molecule has 3 N–H and O–H groups in total. The molecule has 180 valence electrons. The zero-order valence-corrected chi connectivity index (χ0v) is 20.3. The van der Waals surface area contributed by atoms with Crippen molar-refractivity contribution in [2.75, 3.05) is 6.54 Å². The fourth-order valence-electron chi connectivity index (χ4n) is 5.20. The summed E-state index contributed by atoms with van der Waals surface area (Å²) in [6.07, 6.45) is 9.08. The molecule has 0 aliphatic carbocycles. The summed E-state index contributed by atoms with van der Waals surface area (Å²) in [5, 5.41) is 8.65. The molecule has 34 heavy (non-hydrogen) atoms. The van der Waals surface area contributed by atoms with E-state index in [1.165, 1.54) is 19.3 Å². The molecule has 2 aromatic heterocycles. The fourth-order valence-corrected chi connectivity index (χ4v) is 5.20. The molecule has 0 bridgehead atoms. The van der Waals surface area contributed by atoms with Crippen molar-refractivity contribution in [3.63, 3.8) is 0 Å². The minimum atomic E-state index is -0.104. The van der Waals surface area contributed by atoms with Gasteiger partial charge in [-0.1, -0.05) is 31.0 Å². The molecule has 1 saturated heterocycles. The van der Waals surface area contributed by atoms with Crippen LogP contribution in [0.15, 0.2) is 47.4 Å². The van der Waals surface area contributed by atoms with Gasteiger partial charge in [-0.25, -0.2) is 9.97 Å². The molecule has 0 unspecified atom stereocenters. The van der Waals surface area contributed by atoms with Crippen LogP contribution in [0.5, 0.6) is 0 Å². The highest BCUT2D eigenvalue weighted by atomic mass is 16.1. The second kappa shape index (κ2) is 10.9. The molecular weight excluding hydrogens is 424 g/mol. The summed E-state index contributed by atoms with van der Waals surface area (Å²) < 4.78 is 1.91. The van der Waals surface area contributed by atoms with Crippen LogP contribution in [0.4, 0.5) is 0 Å². The van der Waals surface area contributed by atoms with E-state index in [-0.39, 0.29) is 11.4 Å². The molecule has 0 amide bonds. The van der Waals surface area contributed by atoms with Crippen LogP contribution in [-0.2, 0) is 13.0 Å². The first kappa shape index (κ1) is 24.1. The van der Waals surface area contributed by atoms with Gasteiger partial charge in [0.1, 0.15) is 17.4 Å². The summed E-state index contributed by atoms with van der Waals surface area (Å²) in [5.74, 6) is 0.393. The lowest BCUT2D eigenvalue weighted by atomic mass is 9.97. The largest absolute Gasteiger partial charge is 0.382 e. The molecule has 1 aliphatic rings. The predicted molar refractivity (Wildman–Crippen MR) is 137 cm³/mol. The van der Waals surface area contributed by atoms with E-state index in [9.17, 15) is 4.79 Å². The number of nitrogens with one attached hydrogen (secondary N) is 1. The number of hydrogen-bond donors (Lipinski definition) is 2. The van der Waals surface area contributed by atoms with E-state index >= 15 is 0 Å². The highest BCUT2D eigenvalue weighted by Gasteiger charge is 2.23. The average molecular weight is 461 g/mol. The predicted octanol–water partition coefficient (Wildman–Crippen LogP) is 4.10. The number of nitrogens with two attached hydrogens (primary N) is 1. The highest BCUT2D eigenvalue weighted by molar-refractivity contribution is 5.92. The summed E-state index contributed by atoms with van der Waals surface area (Å²) in [6, 6.07) is 12.9. The highest BCUT2D eigenvalue weighted by Crippen LogP contribution is 2.23. The maximum absolute atomic E-state index is 13.4. The first-order valence-electron chi connectivity index (χ1n) is 12.5. The summed E-state index contributed by atoms with van der Waals surface area (Å²) in [5.41, 5.74) is 7.59. The number of aromatic nitrogens is 3. The Bertz CT molecular complexity index is 1190. The Morgan fingerprint density at radius 1 is 1.09 bits per heavy atom. The number of hydrogen-bond acceptors (Lipinski definition) is 5. The van der Waals surface area contributed by atoms with Crippen LogP contribution in [0.25, 0.3) is 10.9 Å². The quantitative estimate of drug-likeness (QED) is 0.284. The Hall–Kier alpha value is -3.06. The fraction of sp³-hybridized carbons (Fsp3) is 0.481. The van der Waals surface area contributed by atoms with Crippen LogP contribution in [-0.4, -0.2) is 43.9 Å². The average Bonchev–Trinajstić information content (AvgIpc) is 2.82. The number of pyridine rings is 1. The van der Waals surface area contributed by atoms with E-state index in [0.29, 0.717) is 42.1 Å². The van der Waals surface area contributed by atoms with E-state index in [4.69, 9.17) is 11.1 Å². The van der Waals surface area contributed by atoms with Gasteiger partial charge < -0.3 is 10.3 Å². The third-order valence-electron chi connectivity index (χ3n) is 7.08. The molecule has 1 aliphatic heterocycles. The number of aryl methyl sites for hydroxylation is 1. The molecule has 3 aromatic rings. The molecular formula is C27H36N6O. The number of unbranched alkanes of at least 4 members (excludes halogenated alkanes) is 2. The molecule has 7 nitrogen and oxygen atoms in total. The minimum Gasteiger partial charge on any atom is -0.382 e. The van der Waals surface area contributed by atoms with Crippen LogP contribution in [0.3, 0.4) is 0 Å². The molecule has 7 heteroatoms. The van der Waals surface area contributed by atoms with Crippen LogP contribution >= 0.6 is 0 Å². The molecule has 4 rings (SSSR count). The standard InChI is InChI=1S/C27H36N6O/c1-19-9-8-10-20(2)32(19)15-6-3-7-16-33-24-12-5-4-11-21(24)17-22(27(33)34)18-25-30-14-13-23(31-25)26(28)29/h4-5,11-14,17,19-20H,3,6-10,15-16,18H2,1-2H3,(H3,28,29)/t19-,20+. The first-order chi connectivity index (χ1) is 16.4. The van der Waals surface area contributed by atoms with Crippen molar-refractivity contribution in [2.24, 2.45) is 5.73 Å². The topological polar surface area (TPSA) is 101 Å². The summed E-state index contributed by atoms with van der Waals surface area (Å²) >= 11 is 0. The Balaban J connectivity index is 1.47. The van der Waals surface area contributed by atoms with Crippen molar-refractivity contribution in [1.82, 2.24) is 19.4 Å². The van der Waals surface area contributed by atoms with E-state index in [1.807, 2.05) is 34.9 Å². The van der Waals surface area contributed by atoms with E-state index in [1.54, 1.807) is 12.3 Å². The Morgan fingerprint density at radius 3 is 2.59 bits per heavy atom. The van der Waals surface area contributed by atoms with Gasteiger partial charge in [-0.15, -0.1) is 0 Å². The van der Waals surface area contributed by atoms with Crippen molar-refractivity contribution in [3.8, 4) is 0 Å². The van der Waals surface area contributed by atoms with Gasteiger partial charge in [-0.3, -0.25) is 15.1 Å². The zero-order chi connectivity index (χ0) is 24.1. The number of nitrogen functional groups attached to an aromatic ring is 1. The number of piperidine rings is 1. The molecule has 1 fully saturated rings. The summed E-state index contributed by atoms with van der Waals surface area (Å²) in [6.45, 7) is 6.54. The lowest BCUT2D eigenvalue weighted by Crippen LogP contribution is -2.44. The normalized spacial score (nSPS) is 18.9. The van der Waals surface area contributed by atoms with Crippen LogP contribution in [0, 0.1) is 5.41 Å². The summed E-state index contributed by atoms with van der Waals surface area (Å²) in [7, 11) is 0. The maximum atomic E-state index is 13.4. The van der Waals surface area contributed by atoms with Gasteiger partial charge in [0.25, 0.3) is 5.56 Å². The molecule has 2 atom stereocenters. The molecule has 0 spiro atoms. The number of para-hydroxylation sites is 1. The second-order valence-corrected chi connectivity index (χ2v) is 9.56. The molecule has 3 heterocycles. The summed E-state index contributed by atoms with van der Waals surface area (Å²) in [4.78, 5) is 24.7. The molecule has 0 radical (unpaired) electrons. The number of rotatable bonds is 9. The Morgan fingerprint density at radius 2 is 1.82 bits per heavy atom. The van der Waals surface area contributed by atoms with E-state index in [2.05, 4.69) is 28.7 Å². The van der Waals surface area contributed by atoms with Gasteiger partial charge in [0.2, 0.25) is 0 Å². The van der Waals surface area contributed by atoms with Gasteiger partial charge in [-0.05, 0) is 69.7 Å². The Kier molecular flexibility index (Phi) is 7.73. The number of amidine groups is 1. The smallest absolute Gasteiger partial charge is 0.254 e.